The van der Waals surface area contributed by atoms with Crippen LogP contribution in [0.2, 0.25) is 0 Å². The first-order valence-electron chi connectivity index (χ1n) is 9.09. The van der Waals surface area contributed by atoms with E-state index in [2.05, 4.69) is 39.6 Å². The Morgan fingerprint density at radius 1 is 1.26 bits per heavy atom. The predicted octanol–water partition coefficient (Wildman–Crippen LogP) is 1.85. The van der Waals surface area contributed by atoms with Crippen molar-refractivity contribution in [3.63, 3.8) is 0 Å². The first-order valence-corrected chi connectivity index (χ1v) is 9.09. The number of ether oxygens (including phenoxy) is 1. The van der Waals surface area contributed by atoms with Gasteiger partial charge in [0.1, 0.15) is 11.9 Å². The lowest BCUT2D eigenvalue weighted by molar-refractivity contribution is -0.120. The standard InChI is InChI=1S/C20H26N4O3/c1-15-6-3-4-8-17(15)18-14-24(9-11-27-18)20(21-2)23-13-19(25)22-12-16-7-5-10-26-16/h3-8,10,18H,9,11-14H2,1-2H3,(H,21,23)(H,22,25). The van der Waals surface area contributed by atoms with E-state index < -0.39 is 0 Å². The molecular formula is C20H26N4O3. The van der Waals surface area contributed by atoms with Crippen LogP contribution < -0.4 is 10.6 Å². The van der Waals surface area contributed by atoms with Crippen molar-refractivity contribution in [3.8, 4) is 0 Å². The van der Waals surface area contributed by atoms with Gasteiger partial charge in [-0.25, -0.2) is 0 Å². The van der Waals surface area contributed by atoms with Gasteiger partial charge in [-0.1, -0.05) is 24.3 Å². The molecule has 144 valence electrons. The van der Waals surface area contributed by atoms with Crippen molar-refractivity contribution in [3.05, 3.63) is 59.5 Å². The molecule has 3 rings (SSSR count). The number of carbonyl (C=O) groups is 1. The Labute approximate surface area is 159 Å². The number of amides is 1. The Balaban J connectivity index is 1.52. The average Bonchev–Trinajstić information content (AvgIpc) is 3.21. The third kappa shape index (κ3) is 5.10. The third-order valence-corrected chi connectivity index (χ3v) is 4.56. The van der Waals surface area contributed by atoms with Crippen LogP contribution in [0.5, 0.6) is 0 Å². The number of benzene rings is 1. The predicted molar refractivity (Wildman–Crippen MR) is 103 cm³/mol. The fourth-order valence-corrected chi connectivity index (χ4v) is 3.13. The second-order valence-corrected chi connectivity index (χ2v) is 6.42. The molecule has 1 aliphatic heterocycles. The van der Waals surface area contributed by atoms with Gasteiger partial charge in [-0.15, -0.1) is 0 Å². The van der Waals surface area contributed by atoms with Gasteiger partial charge in [0.25, 0.3) is 0 Å². The van der Waals surface area contributed by atoms with Crippen molar-refractivity contribution in [2.24, 2.45) is 4.99 Å². The van der Waals surface area contributed by atoms with Gasteiger partial charge >= 0.3 is 0 Å². The van der Waals surface area contributed by atoms with E-state index in [1.165, 1.54) is 11.1 Å². The highest BCUT2D eigenvalue weighted by Crippen LogP contribution is 2.24. The summed E-state index contributed by atoms with van der Waals surface area (Å²) in [6.45, 7) is 4.66. The largest absolute Gasteiger partial charge is 0.467 e. The number of hydrogen-bond donors (Lipinski definition) is 2. The molecule has 7 nitrogen and oxygen atoms in total. The van der Waals surface area contributed by atoms with Gasteiger partial charge in [0.15, 0.2) is 5.96 Å². The van der Waals surface area contributed by atoms with E-state index in [-0.39, 0.29) is 18.6 Å². The molecule has 1 fully saturated rings. The lowest BCUT2D eigenvalue weighted by atomic mass is 10.0. The van der Waals surface area contributed by atoms with Gasteiger partial charge < -0.3 is 24.7 Å². The molecule has 1 unspecified atom stereocenters. The quantitative estimate of drug-likeness (QED) is 0.620. The number of aliphatic imine (C=N–C) groups is 1. The van der Waals surface area contributed by atoms with Crippen molar-refractivity contribution < 1.29 is 13.9 Å². The van der Waals surface area contributed by atoms with Gasteiger partial charge in [-0.3, -0.25) is 9.79 Å². The smallest absolute Gasteiger partial charge is 0.239 e. The molecule has 0 saturated carbocycles. The van der Waals surface area contributed by atoms with Gasteiger partial charge in [-0.05, 0) is 30.2 Å². The van der Waals surface area contributed by atoms with E-state index in [0.29, 0.717) is 25.7 Å². The van der Waals surface area contributed by atoms with Gasteiger partial charge in [-0.2, -0.15) is 0 Å². The normalized spacial score (nSPS) is 17.6. The Morgan fingerprint density at radius 2 is 2.11 bits per heavy atom. The summed E-state index contributed by atoms with van der Waals surface area (Å²) in [7, 11) is 1.72. The monoisotopic (exact) mass is 370 g/mol. The van der Waals surface area contributed by atoms with Crippen LogP contribution in [0, 0.1) is 6.92 Å². The lowest BCUT2D eigenvalue weighted by Crippen LogP contribution is -2.50. The fourth-order valence-electron chi connectivity index (χ4n) is 3.13. The molecule has 1 saturated heterocycles. The molecule has 0 aliphatic carbocycles. The minimum absolute atomic E-state index is 0.00807. The van der Waals surface area contributed by atoms with E-state index in [9.17, 15) is 4.79 Å². The SMILES string of the molecule is CN=C(NCC(=O)NCc1ccco1)N1CCOC(c2ccccc2C)C1. The molecule has 1 aromatic carbocycles. The van der Waals surface area contributed by atoms with Crippen LogP contribution in [0.15, 0.2) is 52.1 Å². The maximum absolute atomic E-state index is 12.1. The van der Waals surface area contributed by atoms with Gasteiger partial charge in [0, 0.05) is 13.6 Å². The summed E-state index contributed by atoms with van der Waals surface area (Å²) in [5.41, 5.74) is 2.40. The number of furan rings is 1. The van der Waals surface area contributed by atoms with E-state index in [4.69, 9.17) is 9.15 Å². The first-order chi connectivity index (χ1) is 13.2. The van der Waals surface area contributed by atoms with Crippen molar-refractivity contribution in [1.29, 1.82) is 0 Å². The zero-order valence-electron chi connectivity index (χ0n) is 15.8. The molecule has 1 aliphatic rings. The summed E-state index contributed by atoms with van der Waals surface area (Å²) in [6, 6.07) is 11.9. The minimum atomic E-state index is -0.115. The number of morpholine rings is 1. The highest BCUT2D eigenvalue weighted by atomic mass is 16.5. The van der Waals surface area contributed by atoms with Crippen LogP contribution in [-0.2, 0) is 16.1 Å². The molecule has 1 atom stereocenters. The molecule has 27 heavy (non-hydrogen) atoms. The van der Waals surface area contributed by atoms with Crippen molar-refractivity contribution in [2.45, 2.75) is 19.6 Å². The van der Waals surface area contributed by atoms with Crippen LogP contribution in [0.1, 0.15) is 23.0 Å². The summed E-state index contributed by atoms with van der Waals surface area (Å²) in [6.07, 6.45) is 1.58. The molecule has 7 heteroatoms. The number of rotatable bonds is 5. The molecule has 0 bridgehead atoms. The highest BCUT2D eigenvalue weighted by Gasteiger charge is 2.25. The summed E-state index contributed by atoms with van der Waals surface area (Å²) in [5, 5.41) is 5.95. The molecule has 1 aromatic heterocycles. The van der Waals surface area contributed by atoms with Gasteiger partial charge in [0.05, 0.1) is 32.5 Å². The van der Waals surface area contributed by atoms with Crippen LogP contribution in [0.4, 0.5) is 0 Å². The summed E-state index contributed by atoms with van der Waals surface area (Å²) < 4.78 is 11.2. The maximum atomic E-state index is 12.1. The van der Waals surface area contributed by atoms with Crippen molar-refractivity contribution in [2.75, 3.05) is 33.3 Å². The lowest BCUT2D eigenvalue weighted by Gasteiger charge is -2.35. The van der Waals surface area contributed by atoms with E-state index in [0.717, 1.165) is 12.3 Å². The number of guanidine groups is 1. The number of nitrogens with zero attached hydrogens (tertiary/aromatic N) is 2. The first kappa shape index (κ1) is 19.0. The fraction of sp³-hybridized carbons (Fsp3) is 0.400. The maximum Gasteiger partial charge on any atom is 0.239 e. The zero-order chi connectivity index (χ0) is 19.1. The summed E-state index contributed by atoms with van der Waals surface area (Å²) in [4.78, 5) is 18.5. The topological polar surface area (TPSA) is 79.1 Å². The Kier molecular flexibility index (Phi) is 6.49. The Bertz CT molecular complexity index is 773. The summed E-state index contributed by atoms with van der Waals surface area (Å²) in [5.74, 6) is 1.31. The second kappa shape index (κ2) is 9.23. The van der Waals surface area contributed by atoms with Crippen LogP contribution in [-0.4, -0.2) is 50.1 Å². The number of carbonyl (C=O) groups excluding carboxylic acids is 1. The van der Waals surface area contributed by atoms with Gasteiger partial charge in [0.2, 0.25) is 5.91 Å². The van der Waals surface area contributed by atoms with E-state index >= 15 is 0 Å². The second-order valence-electron chi connectivity index (χ2n) is 6.42. The van der Waals surface area contributed by atoms with E-state index in [1.807, 2.05) is 18.2 Å². The number of aryl methyl sites for hydroxylation is 1. The van der Waals surface area contributed by atoms with Crippen molar-refractivity contribution in [1.82, 2.24) is 15.5 Å². The zero-order valence-corrected chi connectivity index (χ0v) is 15.8. The Hall–Kier alpha value is -2.80. The van der Waals surface area contributed by atoms with Crippen LogP contribution in [0.25, 0.3) is 0 Å². The molecule has 0 spiro atoms. The van der Waals surface area contributed by atoms with Crippen LogP contribution >= 0.6 is 0 Å². The molecule has 2 heterocycles. The van der Waals surface area contributed by atoms with E-state index in [1.54, 1.807) is 19.4 Å². The number of hydrogen-bond acceptors (Lipinski definition) is 4. The van der Waals surface area contributed by atoms with Crippen molar-refractivity contribution >= 4 is 11.9 Å². The summed E-state index contributed by atoms with van der Waals surface area (Å²) >= 11 is 0. The molecule has 1 amide bonds. The van der Waals surface area contributed by atoms with Crippen LogP contribution in [0.3, 0.4) is 0 Å². The highest BCUT2D eigenvalue weighted by molar-refractivity contribution is 5.86. The minimum Gasteiger partial charge on any atom is -0.467 e. The molecular weight excluding hydrogens is 344 g/mol. The Morgan fingerprint density at radius 3 is 2.85 bits per heavy atom. The molecule has 0 radical (unpaired) electrons. The number of nitrogens with one attached hydrogen (secondary N) is 2. The molecule has 2 N–H and O–H groups in total. The average molecular weight is 370 g/mol. The molecule has 2 aromatic rings. The third-order valence-electron chi connectivity index (χ3n) is 4.56.